The Kier molecular flexibility index (Phi) is 143. The van der Waals surface area contributed by atoms with Crippen LogP contribution in [-0.4, -0.2) is 123 Å². The van der Waals surface area contributed by atoms with Gasteiger partial charge >= 0.3 is 47.8 Å². The van der Waals surface area contributed by atoms with Crippen LogP contribution in [0, 0.1) is 0 Å². The van der Waals surface area contributed by atoms with Crippen molar-refractivity contribution in [1.82, 2.24) is 0 Å². The van der Waals surface area contributed by atoms with Crippen LogP contribution < -0.4 is 0 Å². The third kappa shape index (κ3) is 178. The lowest BCUT2D eigenvalue weighted by Crippen LogP contribution is -2.15. The Morgan fingerprint density at radius 1 is 0.144 bits per heavy atom. The summed E-state index contributed by atoms with van der Waals surface area (Å²) in [5, 5.41) is 91.3. The molecule has 0 saturated carbocycles. The molecule has 0 fully saturated rings. The first-order valence-electron chi connectivity index (χ1n) is 49.6. The molecule has 710 valence electrons. The summed E-state index contributed by atoms with van der Waals surface area (Å²) in [7, 11) is 0. The number of aliphatic carboxylic acids is 8. The van der Waals surface area contributed by atoms with Crippen LogP contribution in [0.5, 0.6) is 0 Å². The number of carbonyl (C=O) groups is 8. The van der Waals surface area contributed by atoms with Gasteiger partial charge in [0, 0.05) is 51.4 Å². The van der Waals surface area contributed by atoms with Crippen LogP contribution in [0.1, 0.15) is 569 Å². The molecule has 11 N–H and O–H groups in total. The van der Waals surface area contributed by atoms with Gasteiger partial charge in [0.15, 0.2) is 0 Å². The minimum absolute atomic E-state index is 0.343. The minimum Gasteiger partial charge on any atom is -0.481 e. The molecule has 0 rings (SSSR count). The molecule has 0 amide bonds. The second kappa shape index (κ2) is 128. The molecule has 0 atom stereocenters. The van der Waals surface area contributed by atoms with E-state index in [1.54, 1.807) is 0 Å². The molecule has 0 aliphatic rings. The number of carboxylic acids is 8. The van der Waals surface area contributed by atoms with Crippen molar-refractivity contribution < 1.29 is 94.5 Å². The van der Waals surface area contributed by atoms with E-state index < -0.39 is 53.9 Å². The van der Waals surface area contributed by atoms with E-state index in [2.05, 4.69) is 55.4 Å². The van der Waals surface area contributed by atoms with Crippen LogP contribution in [0.25, 0.3) is 0 Å². The highest BCUT2D eigenvalue weighted by molar-refractivity contribution is 5.68. The van der Waals surface area contributed by atoms with E-state index in [4.69, 9.17) is 56.2 Å². The van der Waals surface area contributed by atoms with Gasteiger partial charge in [0.1, 0.15) is 6.10 Å². The van der Waals surface area contributed by atoms with Gasteiger partial charge in [-0.2, -0.15) is 0 Å². The summed E-state index contributed by atoms with van der Waals surface area (Å²) in [6.45, 7) is 17.1. The zero-order valence-electron chi connectivity index (χ0n) is 78.7. The molecular formula is C99H200O19. The lowest BCUT2D eigenvalue weighted by Gasteiger charge is -2.00. The number of unbranched alkanes of at least 4 members (excludes halogenated alkanes) is 64. The molecule has 0 aromatic heterocycles. The first-order valence-corrected chi connectivity index (χ1v) is 49.6. The summed E-state index contributed by atoms with van der Waals surface area (Å²) in [6, 6.07) is 0. The summed E-state index contributed by atoms with van der Waals surface area (Å²) in [6.07, 6.45) is 90.9. The highest BCUT2D eigenvalue weighted by atomic mass is 16.4. The van der Waals surface area contributed by atoms with Gasteiger partial charge in [-0.25, -0.2) is 0 Å². The van der Waals surface area contributed by atoms with Crippen molar-refractivity contribution in [3.8, 4) is 0 Å². The van der Waals surface area contributed by atoms with Crippen molar-refractivity contribution in [2.24, 2.45) is 0 Å². The van der Waals surface area contributed by atoms with Gasteiger partial charge in [-0.3, -0.25) is 38.4 Å². The summed E-state index contributed by atoms with van der Waals surface area (Å²) >= 11 is 0. The van der Waals surface area contributed by atoms with Gasteiger partial charge in [-0.05, 0) is 51.4 Å². The molecule has 0 aliphatic carbocycles. The van der Waals surface area contributed by atoms with Crippen LogP contribution in [0.15, 0.2) is 0 Å². The van der Waals surface area contributed by atoms with Gasteiger partial charge in [0.25, 0.3) is 0 Å². The van der Waals surface area contributed by atoms with Crippen molar-refractivity contribution in [1.29, 1.82) is 0 Å². The zero-order valence-corrected chi connectivity index (χ0v) is 78.7. The Balaban J connectivity index is -0.000000163. The fraction of sp³-hybridized carbons (Fsp3) is 0.919. The lowest BCUT2D eigenvalue weighted by atomic mass is 10.1. The quantitative estimate of drug-likeness (QED) is 0.0252. The molecule has 0 spiro atoms. The maximum absolute atomic E-state index is 10.2. The van der Waals surface area contributed by atoms with Gasteiger partial charge in [-0.15, -0.1) is 0 Å². The minimum atomic E-state index is -0.954. The highest BCUT2D eigenvalue weighted by Gasteiger charge is 2.04. The Bertz CT molecular complexity index is 1530. The largest absolute Gasteiger partial charge is 0.481 e. The molecule has 0 unspecified atom stereocenters. The summed E-state index contributed by atoms with van der Waals surface area (Å²) in [4.78, 5) is 81.7. The monoisotopic (exact) mass is 1690 g/mol. The number of carboxylic acid groups (broad SMARTS) is 8. The fourth-order valence-electron chi connectivity index (χ4n) is 12.8. The number of aliphatic hydroxyl groups is 3. The summed E-state index contributed by atoms with van der Waals surface area (Å²) < 4.78 is 0. The van der Waals surface area contributed by atoms with Crippen LogP contribution in [-0.2, 0) is 38.4 Å². The molecular weight excluding hydrogens is 1490 g/mol. The van der Waals surface area contributed by atoms with Crippen LogP contribution in [0.3, 0.4) is 0 Å². The van der Waals surface area contributed by atoms with Gasteiger partial charge in [-0.1, -0.05) is 466 Å². The number of hydrogen-bond acceptors (Lipinski definition) is 11. The van der Waals surface area contributed by atoms with E-state index >= 15 is 0 Å². The molecule has 0 aliphatic heterocycles. The highest BCUT2D eigenvalue weighted by Crippen LogP contribution is 2.18. The number of hydrogen-bond donors (Lipinski definition) is 11. The molecule has 19 nitrogen and oxygen atoms in total. The van der Waals surface area contributed by atoms with Crippen molar-refractivity contribution in [2.45, 2.75) is 575 Å². The van der Waals surface area contributed by atoms with Crippen molar-refractivity contribution in [3.63, 3.8) is 0 Å². The first kappa shape index (κ1) is 132. The molecule has 0 aromatic carbocycles. The van der Waals surface area contributed by atoms with Crippen molar-refractivity contribution in [2.75, 3.05) is 13.2 Å². The standard InChI is InChI=1S/8C12H24O2.C3H8O3/c8*1-2-3-4-5-6-7-8-9-10-11-12(13)14;4-1-3(6)2-5/h8*2-11H2,1H3,(H,13,14);3-6H,1-2H2. The van der Waals surface area contributed by atoms with Crippen LogP contribution in [0.2, 0.25) is 0 Å². The normalized spacial score (nSPS) is 10.3. The van der Waals surface area contributed by atoms with E-state index in [0.717, 1.165) is 103 Å². The Labute approximate surface area is 727 Å². The molecule has 0 heterocycles. The lowest BCUT2D eigenvalue weighted by molar-refractivity contribution is -0.138. The van der Waals surface area contributed by atoms with Crippen molar-refractivity contribution >= 4 is 47.8 Å². The van der Waals surface area contributed by atoms with Gasteiger partial charge in [0.2, 0.25) is 0 Å². The maximum atomic E-state index is 10.2. The molecule has 19 heteroatoms. The van der Waals surface area contributed by atoms with E-state index in [9.17, 15) is 38.4 Å². The first-order chi connectivity index (χ1) is 57.0. The van der Waals surface area contributed by atoms with Gasteiger partial charge < -0.3 is 56.2 Å². The zero-order chi connectivity index (χ0) is 90.2. The van der Waals surface area contributed by atoms with Crippen molar-refractivity contribution in [3.05, 3.63) is 0 Å². The Morgan fingerprint density at radius 2 is 0.212 bits per heavy atom. The second-order valence-electron chi connectivity index (χ2n) is 32.8. The Hall–Kier alpha value is -4.36. The Morgan fingerprint density at radius 3 is 0.263 bits per heavy atom. The molecule has 0 bridgehead atoms. The SMILES string of the molecule is CCCCCCCCCCCC(=O)O.CCCCCCCCCCCC(=O)O.CCCCCCCCCCCC(=O)O.CCCCCCCCCCCC(=O)O.CCCCCCCCCCCC(=O)O.CCCCCCCCCCCC(=O)O.CCCCCCCCCCCC(=O)O.CCCCCCCCCCCC(=O)O.OCC(O)CO. The number of aliphatic hydroxyl groups excluding tert-OH is 3. The predicted octanol–water partition coefficient (Wildman–Crippen LogP) is 30.3. The van der Waals surface area contributed by atoms with E-state index in [-0.39, 0.29) is 13.2 Å². The van der Waals surface area contributed by atoms with E-state index in [1.807, 2.05) is 0 Å². The molecule has 0 saturated heterocycles. The topological polar surface area (TPSA) is 359 Å². The van der Waals surface area contributed by atoms with Crippen LogP contribution >= 0.6 is 0 Å². The fourth-order valence-corrected chi connectivity index (χ4v) is 12.8. The van der Waals surface area contributed by atoms with Gasteiger partial charge in [0.05, 0.1) is 13.2 Å². The maximum Gasteiger partial charge on any atom is 0.303 e. The molecule has 118 heavy (non-hydrogen) atoms. The molecule has 0 radical (unpaired) electrons. The number of rotatable bonds is 82. The smallest absolute Gasteiger partial charge is 0.303 e. The summed E-state index contributed by atoms with van der Waals surface area (Å²) in [5.41, 5.74) is 0. The van der Waals surface area contributed by atoms with E-state index in [1.165, 1.54) is 360 Å². The van der Waals surface area contributed by atoms with Crippen LogP contribution in [0.4, 0.5) is 0 Å². The predicted molar refractivity (Wildman–Crippen MR) is 496 cm³/mol. The third-order valence-electron chi connectivity index (χ3n) is 20.4. The summed E-state index contributed by atoms with van der Waals surface area (Å²) in [5.74, 6) is -5.27. The molecule has 0 aromatic rings. The van der Waals surface area contributed by atoms with E-state index in [0.29, 0.717) is 51.4 Å². The average Bonchev–Trinajstić information content (AvgIpc) is 1.30. The third-order valence-corrected chi connectivity index (χ3v) is 20.4. The second-order valence-corrected chi connectivity index (χ2v) is 32.8. The average molecular weight is 1690 g/mol.